The summed E-state index contributed by atoms with van der Waals surface area (Å²) in [5.41, 5.74) is 0.294. The molecule has 50 heavy (non-hydrogen) atoms. The molecule has 1 aromatic heterocycles. The fourth-order valence-corrected chi connectivity index (χ4v) is 9.88. The molecule has 4 bridgehead atoms. The van der Waals surface area contributed by atoms with E-state index in [1.54, 1.807) is 0 Å². The Morgan fingerprint density at radius 3 is 1.72 bits per heavy atom. The van der Waals surface area contributed by atoms with E-state index in [1.165, 1.54) is 135 Å². The van der Waals surface area contributed by atoms with Crippen molar-refractivity contribution in [2.24, 2.45) is 23.2 Å². The summed E-state index contributed by atoms with van der Waals surface area (Å²) in [6.07, 6.45) is 38.1. The molecule has 7 heteroatoms. The fraction of sp³-hybridized carbons (Fsp3) is 0.884. The molecule has 7 nitrogen and oxygen atoms in total. The van der Waals surface area contributed by atoms with Crippen LogP contribution in [0.15, 0.2) is 18.7 Å². The van der Waals surface area contributed by atoms with Crippen molar-refractivity contribution >= 4 is 11.9 Å². The number of aromatic nitrogens is 2. The van der Waals surface area contributed by atoms with Crippen LogP contribution in [0.2, 0.25) is 0 Å². The molecule has 0 aromatic carbocycles. The van der Waals surface area contributed by atoms with Gasteiger partial charge >= 0.3 is 11.9 Å². The van der Waals surface area contributed by atoms with Crippen LogP contribution in [0.1, 0.15) is 180 Å². The van der Waals surface area contributed by atoms with Crippen LogP contribution in [0.4, 0.5) is 0 Å². The van der Waals surface area contributed by atoms with Crippen LogP contribution in [0.5, 0.6) is 0 Å². The number of carbonyl (C=O) groups excluding carboxylic acids is 2. The number of esters is 2. The molecule has 286 valence electrons. The highest BCUT2D eigenvalue weighted by molar-refractivity contribution is 5.70. The predicted octanol–water partition coefficient (Wildman–Crippen LogP) is 10.7. The maximum Gasteiger partial charge on any atom is 0.306 e. The Morgan fingerprint density at radius 1 is 0.660 bits per heavy atom. The van der Waals surface area contributed by atoms with Gasteiger partial charge in [-0.2, -0.15) is 0 Å². The number of aryl methyl sites for hydroxylation is 1. The van der Waals surface area contributed by atoms with E-state index in [4.69, 9.17) is 9.47 Å². The number of hydrogen-bond acceptors (Lipinski definition) is 6. The van der Waals surface area contributed by atoms with Crippen LogP contribution in [-0.4, -0.2) is 59.2 Å². The van der Waals surface area contributed by atoms with Crippen molar-refractivity contribution in [3.05, 3.63) is 18.7 Å². The summed E-state index contributed by atoms with van der Waals surface area (Å²) in [4.78, 5) is 31.6. The summed E-state index contributed by atoms with van der Waals surface area (Å²) in [5.74, 6) is 2.76. The Hall–Kier alpha value is -1.89. The molecule has 0 aliphatic heterocycles. The van der Waals surface area contributed by atoms with Crippen molar-refractivity contribution < 1.29 is 19.1 Å². The minimum Gasteiger partial charge on any atom is -0.466 e. The lowest BCUT2D eigenvalue weighted by Crippen LogP contribution is -2.47. The Morgan fingerprint density at radius 2 is 1.16 bits per heavy atom. The minimum atomic E-state index is -0.00842. The number of imidazole rings is 1. The number of nitrogens with zero attached hydrogens (tertiary/aromatic N) is 3. The average molecular weight is 698 g/mol. The number of unbranched alkanes of at least 4 members (excludes halogenated alkanes) is 15. The molecule has 4 fully saturated rings. The second kappa shape index (κ2) is 24.4. The van der Waals surface area contributed by atoms with E-state index >= 15 is 0 Å². The molecule has 4 saturated carbocycles. The third kappa shape index (κ3) is 16.6. The quantitative estimate of drug-likeness (QED) is 0.0568. The molecule has 0 atom stereocenters. The fourth-order valence-electron chi connectivity index (χ4n) is 9.88. The van der Waals surface area contributed by atoms with E-state index in [1.807, 2.05) is 12.5 Å². The number of rotatable bonds is 31. The molecule has 0 N–H and O–H groups in total. The predicted molar refractivity (Wildman–Crippen MR) is 204 cm³/mol. The first kappa shape index (κ1) is 40.9. The molecule has 0 amide bonds. The Kier molecular flexibility index (Phi) is 19.9. The summed E-state index contributed by atoms with van der Waals surface area (Å²) in [7, 11) is 0. The summed E-state index contributed by atoms with van der Waals surface area (Å²) >= 11 is 0. The monoisotopic (exact) mass is 698 g/mol. The van der Waals surface area contributed by atoms with Crippen molar-refractivity contribution in [1.82, 2.24) is 14.5 Å². The summed E-state index contributed by atoms with van der Waals surface area (Å²) in [5, 5.41) is 0. The highest BCUT2D eigenvalue weighted by Gasteiger charge is 2.51. The average Bonchev–Trinajstić information content (AvgIpc) is 3.60. The zero-order valence-electron chi connectivity index (χ0n) is 32.3. The Balaban J connectivity index is 0.966. The molecule has 1 heterocycles. The van der Waals surface area contributed by atoms with E-state index in [0.29, 0.717) is 31.5 Å². The number of ether oxygens (including phenoxy) is 2. The van der Waals surface area contributed by atoms with E-state index in [2.05, 4.69) is 27.6 Å². The molecule has 4 aliphatic carbocycles. The minimum absolute atomic E-state index is 0.00842. The van der Waals surface area contributed by atoms with Gasteiger partial charge in [0, 0.05) is 25.4 Å². The maximum atomic E-state index is 12.7. The second-order valence-electron chi connectivity index (χ2n) is 16.8. The van der Waals surface area contributed by atoms with Crippen molar-refractivity contribution in [2.45, 2.75) is 187 Å². The van der Waals surface area contributed by atoms with Crippen molar-refractivity contribution in [2.75, 3.05) is 32.8 Å². The molecule has 0 saturated heterocycles. The van der Waals surface area contributed by atoms with Gasteiger partial charge < -0.3 is 18.9 Å². The van der Waals surface area contributed by atoms with Gasteiger partial charge in [0.1, 0.15) is 0 Å². The highest BCUT2D eigenvalue weighted by atomic mass is 16.5. The van der Waals surface area contributed by atoms with E-state index in [-0.39, 0.29) is 11.9 Å². The van der Waals surface area contributed by atoms with Crippen LogP contribution in [0, 0.1) is 23.2 Å². The van der Waals surface area contributed by atoms with Crippen molar-refractivity contribution in [1.29, 1.82) is 0 Å². The SMILES string of the molecule is CCCCCCCCCOC(=O)CCCCCCCN(CCCCCCCCOC(=O)CC12CC3CC(CC(C3)C1)C2)CCCn1ccnc1. The number of hydrogen-bond donors (Lipinski definition) is 0. The summed E-state index contributed by atoms with van der Waals surface area (Å²) in [6, 6.07) is 0. The lowest BCUT2D eigenvalue weighted by atomic mass is 9.49. The first-order chi connectivity index (χ1) is 24.5. The molecule has 1 aromatic rings. The largest absolute Gasteiger partial charge is 0.466 e. The summed E-state index contributed by atoms with van der Waals surface area (Å²) < 4.78 is 13.4. The first-order valence-corrected chi connectivity index (χ1v) is 21.5. The molecule has 5 rings (SSSR count). The van der Waals surface area contributed by atoms with Crippen molar-refractivity contribution in [3.8, 4) is 0 Å². The molecular formula is C43H75N3O4. The van der Waals surface area contributed by atoms with Gasteiger partial charge in [-0.15, -0.1) is 0 Å². The lowest BCUT2D eigenvalue weighted by Gasteiger charge is -2.56. The normalized spacial score (nSPS) is 22.4. The molecule has 0 spiro atoms. The van der Waals surface area contributed by atoms with Crippen LogP contribution in [0.25, 0.3) is 0 Å². The van der Waals surface area contributed by atoms with Crippen LogP contribution in [-0.2, 0) is 25.6 Å². The topological polar surface area (TPSA) is 73.7 Å². The third-order valence-corrected chi connectivity index (χ3v) is 12.1. The van der Waals surface area contributed by atoms with Gasteiger partial charge in [0.25, 0.3) is 0 Å². The molecular weight excluding hydrogens is 622 g/mol. The standard InChI is InChI=1S/C43H75N3O4/c1-2-3-4-5-7-13-18-28-49-41(47)21-15-10-9-12-17-24-45(25-20-26-46-27-22-44-37-46)23-16-11-6-8-14-19-29-50-42(48)36-43-33-38-30-39(34-43)32-40(31-38)35-43/h22,27,37-40H,2-21,23-26,28-36H2,1H3. The lowest BCUT2D eigenvalue weighted by molar-refractivity contribution is -0.152. The van der Waals surface area contributed by atoms with Gasteiger partial charge in [-0.1, -0.05) is 90.4 Å². The second-order valence-corrected chi connectivity index (χ2v) is 16.8. The van der Waals surface area contributed by atoms with E-state index < -0.39 is 0 Å². The zero-order valence-corrected chi connectivity index (χ0v) is 32.3. The van der Waals surface area contributed by atoms with Gasteiger partial charge in [0.15, 0.2) is 0 Å². The molecule has 4 aliphatic rings. The van der Waals surface area contributed by atoms with Gasteiger partial charge in [-0.25, -0.2) is 4.98 Å². The van der Waals surface area contributed by atoms with Crippen LogP contribution < -0.4 is 0 Å². The van der Waals surface area contributed by atoms with Crippen LogP contribution >= 0.6 is 0 Å². The van der Waals surface area contributed by atoms with Gasteiger partial charge in [-0.3, -0.25) is 9.59 Å². The van der Waals surface area contributed by atoms with Crippen LogP contribution in [0.3, 0.4) is 0 Å². The summed E-state index contributed by atoms with van der Waals surface area (Å²) in [6.45, 7) is 7.96. The van der Waals surface area contributed by atoms with Crippen molar-refractivity contribution in [3.63, 3.8) is 0 Å². The Labute approximate surface area is 306 Å². The van der Waals surface area contributed by atoms with Gasteiger partial charge in [0.05, 0.1) is 26.0 Å². The number of carbonyl (C=O) groups is 2. The maximum absolute atomic E-state index is 12.7. The van der Waals surface area contributed by atoms with E-state index in [9.17, 15) is 9.59 Å². The Bertz CT molecular complexity index is 992. The van der Waals surface area contributed by atoms with Gasteiger partial charge in [-0.05, 0) is 120 Å². The third-order valence-electron chi connectivity index (χ3n) is 12.1. The molecule has 0 radical (unpaired) electrons. The molecule has 0 unspecified atom stereocenters. The zero-order chi connectivity index (χ0) is 35.1. The smallest absolute Gasteiger partial charge is 0.306 e. The van der Waals surface area contributed by atoms with E-state index in [0.717, 1.165) is 69.4 Å². The van der Waals surface area contributed by atoms with Gasteiger partial charge in [0.2, 0.25) is 0 Å². The highest BCUT2D eigenvalue weighted by Crippen LogP contribution is 2.61. The first-order valence-electron chi connectivity index (χ1n) is 21.5.